The fourth-order valence-electron chi connectivity index (χ4n) is 3.36. The summed E-state index contributed by atoms with van der Waals surface area (Å²) in [5.74, 6) is 0.00204. The van der Waals surface area contributed by atoms with Gasteiger partial charge >= 0.3 is 0 Å². The maximum Gasteiger partial charge on any atom is 0.235 e. The summed E-state index contributed by atoms with van der Waals surface area (Å²) >= 11 is 0. The number of hydrogen-bond donors (Lipinski definition) is 2. The molecule has 20 heavy (non-hydrogen) atoms. The van der Waals surface area contributed by atoms with E-state index in [-0.39, 0.29) is 5.91 Å². The zero-order chi connectivity index (χ0) is 14.4. The maximum atomic E-state index is 12.3. The highest BCUT2D eigenvalue weighted by Gasteiger charge is 2.34. The molecule has 1 saturated heterocycles. The highest BCUT2D eigenvalue weighted by molar-refractivity contribution is 5.79. The number of nitrogens with one attached hydrogen (secondary N) is 2. The fraction of sp³-hybridized carbons (Fsp3) is 0.867. The van der Waals surface area contributed by atoms with Gasteiger partial charge in [0.25, 0.3) is 0 Å². The largest absolute Gasteiger partial charge is 0.337 e. The van der Waals surface area contributed by atoms with Gasteiger partial charge in [0.05, 0.1) is 12.6 Å². The molecule has 2 fully saturated rings. The lowest BCUT2D eigenvalue weighted by molar-refractivity contribution is -0.124. The van der Waals surface area contributed by atoms with E-state index >= 15 is 0 Å². The molecule has 1 saturated carbocycles. The minimum Gasteiger partial charge on any atom is -0.337 e. The first-order valence-electron chi connectivity index (χ1n) is 7.86. The van der Waals surface area contributed by atoms with Gasteiger partial charge in [-0.2, -0.15) is 5.26 Å². The van der Waals surface area contributed by atoms with E-state index in [0.717, 1.165) is 51.7 Å². The third kappa shape index (κ3) is 3.71. The lowest BCUT2D eigenvalue weighted by atomic mass is 9.83. The average Bonchev–Trinajstić information content (AvgIpc) is 3.00. The standard InChI is InChI=1S/C15H26N4O/c1-2-19(13-6-9-17-10-13)11-14(20)18-15(12-16)7-4-3-5-8-15/h13,17H,2-11H2,1H3,(H,18,20). The van der Waals surface area contributed by atoms with Crippen LogP contribution in [0.2, 0.25) is 0 Å². The Bertz CT molecular complexity index is 365. The van der Waals surface area contributed by atoms with Gasteiger partial charge < -0.3 is 10.6 Å². The third-order valence-electron chi connectivity index (χ3n) is 4.60. The van der Waals surface area contributed by atoms with Crippen molar-refractivity contribution >= 4 is 5.91 Å². The zero-order valence-electron chi connectivity index (χ0n) is 12.5. The van der Waals surface area contributed by atoms with E-state index in [9.17, 15) is 10.1 Å². The molecule has 1 aliphatic heterocycles. The minimum absolute atomic E-state index is 0.00204. The molecule has 0 aromatic carbocycles. The molecule has 112 valence electrons. The number of likely N-dealkylation sites (N-methyl/N-ethyl adjacent to an activating group) is 1. The lowest BCUT2D eigenvalue weighted by Gasteiger charge is -2.33. The summed E-state index contributed by atoms with van der Waals surface area (Å²) in [7, 11) is 0. The van der Waals surface area contributed by atoms with Crippen LogP contribution in [0.25, 0.3) is 0 Å². The molecule has 2 aliphatic rings. The number of amides is 1. The van der Waals surface area contributed by atoms with E-state index < -0.39 is 5.54 Å². The highest BCUT2D eigenvalue weighted by Crippen LogP contribution is 2.27. The van der Waals surface area contributed by atoms with Gasteiger partial charge in [-0.3, -0.25) is 9.69 Å². The molecule has 1 heterocycles. The van der Waals surface area contributed by atoms with Crippen LogP contribution in [0.3, 0.4) is 0 Å². The average molecular weight is 278 g/mol. The Kier molecular flexibility index (Phi) is 5.38. The van der Waals surface area contributed by atoms with Crippen LogP contribution in [0.15, 0.2) is 0 Å². The van der Waals surface area contributed by atoms with Crippen molar-refractivity contribution in [2.45, 2.75) is 57.0 Å². The zero-order valence-corrected chi connectivity index (χ0v) is 12.5. The molecule has 5 heteroatoms. The Labute approximate surface area is 121 Å². The Morgan fingerprint density at radius 3 is 2.75 bits per heavy atom. The molecular weight excluding hydrogens is 252 g/mol. The van der Waals surface area contributed by atoms with E-state index in [0.29, 0.717) is 12.6 Å². The number of nitrogens with zero attached hydrogens (tertiary/aromatic N) is 2. The molecule has 2 N–H and O–H groups in total. The number of carbonyl (C=O) groups excluding carboxylic acids is 1. The van der Waals surface area contributed by atoms with Gasteiger partial charge in [0.2, 0.25) is 5.91 Å². The van der Waals surface area contributed by atoms with Gasteiger partial charge in [0.15, 0.2) is 0 Å². The van der Waals surface area contributed by atoms with Crippen molar-refractivity contribution < 1.29 is 4.79 Å². The first-order valence-corrected chi connectivity index (χ1v) is 7.86. The van der Waals surface area contributed by atoms with Crippen molar-refractivity contribution in [2.75, 3.05) is 26.2 Å². The third-order valence-corrected chi connectivity index (χ3v) is 4.60. The normalized spacial score (nSPS) is 25.4. The highest BCUT2D eigenvalue weighted by atomic mass is 16.2. The van der Waals surface area contributed by atoms with Gasteiger partial charge in [-0.1, -0.05) is 26.2 Å². The van der Waals surface area contributed by atoms with Crippen LogP contribution >= 0.6 is 0 Å². The molecule has 1 atom stereocenters. The van der Waals surface area contributed by atoms with Gasteiger partial charge in [-0.25, -0.2) is 0 Å². The smallest absolute Gasteiger partial charge is 0.235 e. The van der Waals surface area contributed by atoms with Crippen molar-refractivity contribution in [3.8, 4) is 6.07 Å². The van der Waals surface area contributed by atoms with Crippen LogP contribution in [0, 0.1) is 11.3 Å². The molecule has 0 radical (unpaired) electrons. The maximum absolute atomic E-state index is 12.3. The Balaban J connectivity index is 1.88. The van der Waals surface area contributed by atoms with Crippen molar-refractivity contribution in [1.82, 2.24) is 15.5 Å². The molecule has 1 unspecified atom stereocenters. The number of hydrogen-bond acceptors (Lipinski definition) is 4. The van der Waals surface area contributed by atoms with E-state index in [1.807, 2.05) is 0 Å². The number of nitriles is 1. The van der Waals surface area contributed by atoms with Gasteiger partial charge in [0, 0.05) is 12.6 Å². The minimum atomic E-state index is -0.608. The second kappa shape index (κ2) is 7.05. The Hall–Kier alpha value is -1.12. The van der Waals surface area contributed by atoms with Crippen molar-refractivity contribution in [1.29, 1.82) is 5.26 Å². The quantitative estimate of drug-likeness (QED) is 0.787. The Morgan fingerprint density at radius 2 is 2.20 bits per heavy atom. The van der Waals surface area contributed by atoms with Crippen LogP contribution in [-0.4, -0.2) is 48.6 Å². The number of carbonyl (C=O) groups is 1. The predicted molar refractivity (Wildman–Crippen MR) is 78.1 cm³/mol. The van der Waals surface area contributed by atoms with Crippen LogP contribution in [0.1, 0.15) is 45.4 Å². The second-order valence-corrected chi connectivity index (χ2v) is 6.01. The summed E-state index contributed by atoms with van der Waals surface area (Å²) in [5.41, 5.74) is -0.608. The second-order valence-electron chi connectivity index (χ2n) is 6.01. The fourth-order valence-corrected chi connectivity index (χ4v) is 3.36. The summed E-state index contributed by atoms with van der Waals surface area (Å²) in [6.07, 6.45) is 5.95. The van der Waals surface area contributed by atoms with E-state index in [1.54, 1.807) is 0 Å². The molecule has 0 spiro atoms. The monoisotopic (exact) mass is 278 g/mol. The molecule has 1 amide bonds. The van der Waals surface area contributed by atoms with Crippen molar-refractivity contribution in [3.63, 3.8) is 0 Å². The summed E-state index contributed by atoms with van der Waals surface area (Å²) < 4.78 is 0. The first kappa shape index (κ1) is 15.3. The summed E-state index contributed by atoms with van der Waals surface area (Å²) in [4.78, 5) is 14.5. The van der Waals surface area contributed by atoms with Gasteiger partial charge in [-0.05, 0) is 32.4 Å². The summed E-state index contributed by atoms with van der Waals surface area (Å²) in [5, 5.41) is 15.7. The number of rotatable bonds is 5. The van der Waals surface area contributed by atoms with E-state index in [1.165, 1.54) is 6.42 Å². The van der Waals surface area contributed by atoms with Gasteiger partial charge in [-0.15, -0.1) is 0 Å². The van der Waals surface area contributed by atoms with Crippen LogP contribution in [0.4, 0.5) is 0 Å². The van der Waals surface area contributed by atoms with E-state index in [2.05, 4.69) is 28.5 Å². The lowest BCUT2D eigenvalue weighted by Crippen LogP contribution is -2.53. The van der Waals surface area contributed by atoms with Gasteiger partial charge in [0.1, 0.15) is 5.54 Å². The molecule has 5 nitrogen and oxygen atoms in total. The summed E-state index contributed by atoms with van der Waals surface area (Å²) in [6, 6.07) is 2.80. The van der Waals surface area contributed by atoms with Crippen molar-refractivity contribution in [3.05, 3.63) is 0 Å². The molecule has 0 bridgehead atoms. The molecule has 2 rings (SSSR count). The Morgan fingerprint density at radius 1 is 1.45 bits per heavy atom. The topological polar surface area (TPSA) is 68.2 Å². The predicted octanol–water partition coefficient (Wildman–Crippen LogP) is 1.01. The summed E-state index contributed by atoms with van der Waals surface area (Å²) in [6.45, 7) is 5.37. The van der Waals surface area contributed by atoms with Crippen LogP contribution in [-0.2, 0) is 4.79 Å². The molecular formula is C15H26N4O. The molecule has 0 aromatic rings. The first-order chi connectivity index (χ1) is 9.69. The SMILES string of the molecule is CCN(CC(=O)NC1(C#N)CCCCC1)C1CCNC1. The van der Waals surface area contributed by atoms with Crippen LogP contribution < -0.4 is 10.6 Å². The molecule has 1 aliphatic carbocycles. The van der Waals surface area contributed by atoms with Crippen molar-refractivity contribution in [2.24, 2.45) is 0 Å². The van der Waals surface area contributed by atoms with Crippen LogP contribution in [0.5, 0.6) is 0 Å². The van der Waals surface area contributed by atoms with E-state index in [4.69, 9.17) is 0 Å². The molecule has 0 aromatic heterocycles.